The molecule has 3 nitrogen and oxygen atoms in total. The van der Waals surface area contributed by atoms with Gasteiger partial charge in [0.15, 0.2) is 0 Å². The first-order chi connectivity index (χ1) is 11.1. The molecular formula is C20H24N2O. The molecule has 0 bridgehead atoms. The maximum absolute atomic E-state index is 12.9. The Kier molecular flexibility index (Phi) is 4.49. The van der Waals surface area contributed by atoms with Gasteiger partial charge in [0.1, 0.15) is 0 Å². The quantitative estimate of drug-likeness (QED) is 0.865. The van der Waals surface area contributed by atoms with Gasteiger partial charge in [-0.15, -0.1) is 0 Å². The minimum absolute atomic E-state index is 0.184. The first-order valence-electron chi connectivity index (χ1n) is 8.18. The fourth-order valence-electron chi connectivity index (χ4n) is 3.40. The van der Waals surface area contributed by atoms with E-state index in [-0.39, 0.29) is 5.91 Å². The monoisotopic (exact) mass is 308 g/mol. The van der Waals surface area contributed by atoms with Gasteiger partial charge < -0.3 is 9.80 Å². The van der Waals surface area contributed by atoms with Crippen LogP contribution in [0.2, 0.25) is 0 Å². The standard InChI is InChI=1S/C20H24N2O/c1-15-8-4-5-9-16(15)14-20(23)22-13-12-18(21(2)3)17-10-6-7-11-19(17)22/h4-11,18H,12-14H2,1-3H3. The predicted molar refractivity (Wildman–Crippen MR) is 94.7 cm³/mol. The number of hydrogen-bond donors (Lipinski definition) is 0. The summed E-state index contributed by atoms with van der Waals surface area (Å²) in [5, 5.41) is 0. The average Bonchev–Trinajstić information content (AvgIpc) is 2.55. The van der Waals surface area contributed by atoms with Crippen LogP contribution in [0.25, 0.3) is 0 Å². The van der Waals surface area contributed by atoms with E-state index in [0.717, 1.165) is 24.2 Å². The summed E-state index contributed by atoms with van der Waals surface area (Å²) >= 11 is 0. The van der Waals surface area contributed by atoms with Crippen molar-refractivity contribution in [2.45, 2.75) is 25.8 Å². The third-order valence-corrected chi connectivity index (χ3v) is 4.74. The Morgan fingerprint density at radius 3 is 2.57 bits per heavy atom. The third kappa shape index (κ3) is 3.15. The Balaban J connectivity index is 1.87. The maximum Gasteiger partial charge on any atom is 0.231 e. The number of nitrogens with zero attached hydrogens (tertiary/aromatic N) is 2. The first kappa shape index (κ1) is 15.8. The second kappa shape index (κ2) is 6.55. The zero-order valence-corrected chi connectivity index (χ0v) is 14.1. The normalized spacial score (nSPS) is 17.2. The van der Waals surface area contributed by atoms with E-state index in [2.05, 4.69) is 50.2 Å². The molecule has 0 aromatic heterocycles. The van der Waals surface area contributed by atoms with Crippen molar-refractivity contribution in [3.63, 3.8) is 0 Å². The summed E-state index contributed by atoms with van der Waals surface area (Å²) in [6.45, 7) is 2.85. The lowest BCUT2D eigenvalue weighted by atomic mass is 9.94. The lowest BCUT2D eigenvalue weighted by molar-refractivity contribution is -0.118. The van der Waals surface area contributed by atoms with Crippen molar-refractivity contribution >= 4 is 11.6 Å². The van der Waals surface area contributed by atoms with Gasteiger partial charge >= 0.3 is 0 Å². The fraction of sp³-hybridized carbons (Fsp3) is 0.350. The molecule has 3 rings (SSSR count). The number of rotatable bonds is 3. The Morgan fingerprint density at radius 1 is 1.13 bits per heavy atom. The minimum atomic E-state index is 0.184. The Hall–Kier alpha value is -2.13. The fourth-order valence-corrected chi connectivity index (χ4v) is 3.40. The van der Waals surface area contributed by atoms with Crippen molar-refractivity contribution in [1.82, 2.24) is 4.90 Å². The number of carbonyl (C=O) groups is 1. The van der Waals surface area contributed by atoms with Crippen LogP contribution in [-0.2, 0) is 11.2 Å². The van der Waals surface area contributed by atoms with Gasteiger partial charge in [-0.3, -0.25) is 4.79 Å². The van der Waals surface area contributed by atoms with E-state index in [0.29, 0.717) is 12.5 Å². The molecule has 1 amide bonds. The SMILES string of the molecule is Cc1ccccc1CC(=O)N1CCC(N(C)C)c2ccccc21. The molecule has 0 radical (unpaired) electrons. The van der Waals surface area contributed by atoms with Gasteiger partial charge in [0.25, 0.3) is 0 Å². The third-order valence-electron chi connectivity index (χ3n) is 4.74. The molecule has 2 aromatic rings. The molecule has 0 fully saturated rings. The molecule has 1 aliphatic heterocycles. The van der Waals surface area contributed by atoms with Crippen LogP contribution in [0.15, 0.2) is 48.5 Å². The molecule has 0 spiro atoms. The number of anilines is 1. The summed E-state index contributed by atoms with van der Waals surface area (Å²) in [7, 11) is 4.21. The van der Waals surface area contributed by atoms with Crippen LogP contribution in [0.4, 0.5) is 5.69 Å². The molecule has 2 aromatic carbocycles. The van der Waals surface area contributed by atoms with Crippen LogP contribution in [0.1, 0.15) is 29.2 Å². The zero-order chi connectivity index (χ0) is 16.4. The molecule has 0 saturated heterocycles. The topological polar surface area (TPSA) is 23.6 Å². The smallest absolute Gasteiger partial charge is 0.231 e. The molecule has 1 aliphatic rings. The first-order valence-corrected chi connectivity index (χ1v) is 8.18. The second-order valence-electron chi connectivity index (χ2n) is 6.48. The van der Waals surface area contributed by atoms with Gasteiger partial charge in [-0.2, -0.15) is 0 Å². The summed E-state index contributed by atoms with van der Waals surface area (Å²) in [5.41, 5.74) is 4.61. The number of para-hydroxylation sites is 1. The molecule has 0 N–H and O–H groups in total. The Labute approximate surface area is 138 Å². The largest absolute Gasteiger partial charge is 0.312 e. The lowest BCUT2D eigenvalue weighted by Gasteiger charge is -2.37. The summed E-state index contributed by atoms with van der Waals surface area (Å²) < 4.78 is 0. The van der Waals surface area contributed by atoms with Gasteiger partial charge in [0.05, 0.1) is 6.42 Å². The number of benzene rings is 2. The van der Waals surface area contributed by atoms with Gasteiger partial charge in [-0.1, -0.05) is 42.5 Å². The van der Waals surface area contributed by atoms with Crippen molar-refractivity contribution in [3.8, 4) is 0 Å². The van der Waals surface area contributed by atoms with Crippen LogP contribution >= 0.6 is 0 Å². The van der Waals surface area contributed by atoms with Crippen LogP contribution in [0.3, 0.4) is 0 Å². The second-order valence-corrected chi connectivity index (χ2v) is 6.48. The number of amides is 1. The average molecular weight is 308 g/mol. The highest BCUT2D eigenvalue weighted by molar-refractivity contribution is 5.96. The molecule has 1 unspecified atom stereocenters. The van der Waals surface area contributed by atoms with Gasteiger partial charge in [0, 0.05) is 18.3 Å². The van der Waals surface area contributed by atoms with Crippen LogP contribution < -0.4 is 4.90 Å². The van der Waals surface area contributed by atoms with E-state index < -0.39 is 0 Å². The number of carbonyl (C=O) groups excluding carboxylic acids is 1. The van der Waals surface area contributed by atoms with Crippen LogP contribution in [0, 0.1) is 6.92 Å². The molecule has 23 heavy (non-hydrogen) atoms. The summed E-state index contributed by atoms with van der Waals surface area (Å²) in [6, 6.07) is 16.8. The van der Waals surface area contributed by atoms with E-state index in [1.165, 1.54) is 11.1 Å². The molecule has 1 heterocycles. The van der Waals surface area contributed by atoms with Crippen molar-refractivity contribution in [2.24, 2.45) is 0 Å². The Morgan fingerprint density at radius 2 is 1.83 bits per heavy atom. The van der Waals surface area contributed by atoms with E-state index in [4.69, 9.17) is 0 Å². The van der Waals surface area contributed by atoms with Gasteiger partial charge in [0.2, 0.25) is 5.91 Å². The van der Waals surface area contributed by atoms with Crippen LogP contribution in [0.5, 0.6) is 0 Å². The number of aryl methyl sites for hydroxylation is 1. The summed E-state index contributed by atoms with van der Waals surface area (Å²) in [6.07, 6.45) is 1.44. The van der Waals surface area contributed by atoms with Gasteiger partial charge in [-0.05, 0) is 50.2 Å². The molecule has 3 heteroatoms. The molecule has 0 saturated carbocycles. The van der Waals surface area contributed by atoms with E-state index in [1.807, 2.05) is 29.2 Å². The van der Waals surface area contributed by atoms with E-state index >= 15 is 0 Å². The number of hydrogen-bond acceptors (Lipinski definition) is 2. The van der Waals surface area contributed by atoms with Crippen LogP contribution in [-0.4, -0.2) is 31.4 Å². The lowest BCUT2D eigenvalue weighted by Crippen LogP contribution is -2.40. The van der Waals surface area contributed by atoms with E-state index in [9.17, 15) is 4.79 Å². The molecular weight excluding hydrogens is 284 g/mol. The minimum Gasteiger partial charge on any atom is -0.312 e. The zero-order valence-electron chi connectivity index (χ0n) is 14.1. The number of fused-ring (bicyclic) bond motifs is 1. The molecule has 0 aliphatic carbocycles. The highest BCUT2D eigenvalue weighted by atomic mass is 16.2. The van der Waals surface area contributed by atoms with E-state index in [1.54, 1.807) is 0 Å². The highest BCUT2D eigenvalue weighted by Gasteiger charge is 2.29. The Bertz CT molecular complexity index is 708. The maximum atomic E-state index is 12.9. The van der Waals surface area contributed by atoms with Crippen molar-refractivity contribution in [1.29, 1.82) is 0 Å². The predicted octanol–water partition coefficient (Wildman–Crippen LogP) is 3.58. The summed E-state index contributed by atoms with van der Waals surface area (Å²) in [4.78, 5) is 17.1. The van der Waals surface area contributed by atoms with Crippen molar-refractivity contribution in [3.05, 3.63) is 65.2 Å². The highest BCUT2D eigenvalue weighted by Crippen LogP contribution is 2.36. The molecule has 1 atom stereocenters. The van der Waals surface area contributed by atoms with Crippen molar-refractivity contribution < 1.29 is 4.79 Å². The molecule has 120 valence electrons. The summed E-state index contributed by atoms with van der Waals surface area (Å²) in [5.74, 6) is 0.184. The van der Waals surface area contributed by atoms with Gasteiger partial charge in [-0.25, -0.2) is 0 Å². The van der Waals surface area contributed by atoms with Crippen molar-refractivity contribution in [2.75, 3.05) is 25.5 Å².